The van der Waals surface area contributed by atoms with Crippen LogP contribution in [-0.4, -0.2) is 17.5 Å². The standard InChI is InChI=1S/C19H27NO2/c1-18(12-21)8-6-17-15(16(18)7-10-20)4-3-13-11-14(22)5-9-19(13,17)2/h3,12,14-17,22H,4-9,11H2,1-2H3/t14-,15-,16-,17-,18+,19-/m0/s1. The van der Waals surface area contributed by atoms with Gasteiger partial charge in [-0.1, -0.05) is 25.5 Å². The van der Waals surface area contributed by atoms with Crippen molar-refractivity contribution in [3.8, 4) is 6.07 Å². The first kappa shape index (κ1) is 15.7. The summed E-state index contributed by atoms with van der Waals surface area (Å²) in [6.45, 7) is 4.40. The molecule has 0 spiro atoms. The van der Waals surface area contributed by atoms with E-state index in [4.69, 9.17) is 0 Å². The Morgan fingerprint density at radius 2 is 2.18 bits per heavy atom. The molecule has 0 aliphatic heterocycles. The van der Waals surface area contributed by atoms with E-state index in [1.807, 2.05) is 6.92 Å². The fourth-order valence-electron chi connectivity index (χ4n) is 5.62. The van der Waals surface area contributed by atoms with Crippen LogP contribution >= 0.6 is 0 Å². The first-order valence-electron chi connectivity index (χ1n) is 8.65. The van der Waals surface area contributed by atoms with E-state index in [-0.39, 0.29) is 22.9 Å². The summed E-state index contributed by atoms with van der Waals surface area (Å²) < 4.78 is 0. The Morgan fingerprint density at radius 3 is 2.86 bits per heavy atom. The summed E-state index contributed by atoms with van der Waals surface area (Å²) in [5.41, 5.74) is 1.25. The molecule has 3 rings (SSSR count). The summed E-state index contributed by atoms with van der Waals surface area (Å²) in [5, 5.41) is 19.2. The Bertz CT molecular complexity index is 534. The highest BCUT2D eigenvalue weighted by atomic mass is 16.3. The number of aliphatic hydroxyl groups is 1. The zero-order valence-electron chi connectivity index (χ0n) is 13.7. The molecule has 0 saturated heterocycles. The fourth-order valence-corrected chi connectivity index (χ4v) is 5.62. The molecule has 0 unspecified atom stereocenters. The first-order chi connectivity index (χ1) is 10.4. The molecule has 6 atom stereocenters. The molecule has 0 aromatic carbocycles. The number of nitrogens with zero attached hydrogens (tertiary/aromatic N) is 1. The molecule has 0 aromatic rings. The number of allylic oxidation sites excluding steroid dienone is 1. The van der Waals surface area contributed by atoms with Crippen LogP contribution in [0.4, 0.5) is 0 Å². The average molecular weight is 301 g/mol. The van der Waals surface area contributed by atoms with Crippen LogP contribution < -0.4 is 0 Å². The maximum Gasteiger partial charge on any atom is 0.126 e. The number of carbonyl (C=O) groups excluding carboxylic acids is 1. The lowest BCUT2D eigenvalue weighted by molar-refractivity contribution is -0.126. The molecule has 22 heavy (non-hydrogen) atoms. The quantitative estimate of drug-likeness (QED) is 0.626. The van der Waals surface area contributed by atoms with E-state index in [0.29, 0.717) is 18.3 Å². The maximum atomic E-state index is 11.7. The van der Waals surface area contributed by atoms with E-state index in [1.54, 1.807) is 0 Å². The summed E-state index contributed by atoms with van der Waals surface area (Å²) in [4.78, 5) is 11.7. The van der Waals surface area contributed by atoms with E-state index in [0.717, 1.165) is 44.8 Å². The molecule has 0 heterocycles. The van der Waals surface area contributed by atoms with Gasteiger partial charge in [0, 0.05) is 11.8 Å². The highest BCUT2D eigenvalue weighted by Gasteiger charge is 2.54. The van der Waals surface area contributed by atoms with Gasteiger partial charge in [0.15, 0.2) is 0 Å². The van der Waals surface area contributed by atoms with Gasteiger partial charge in [-0.05, 0) is 61.7 Å². The number of nitriles is 1. The van der Waals surface area contributed by atoms with Crippen LogP contribution in [0.25, 0.3) is 0 Å². The molecule has 2 saturated carbocycles. The minimum absolute atomic E-state index is 0.167. The van der Waals surface area contributed by atoms with Crippen LogP contribution in [-0.2, 0) is 4.79 Å². The molecule has 0 amide bonds. The molecular formula is C19H27NO2. The second kappa shape index (κ2) is 5.49. The van der Waals surface area contributed by atoms with Crippen LogP contribution in [0.5, 0.6) is 0 Å². The van der Waals surface area contributed by atoms with Gasteiger partial charge in [-0.2, -0.15) is 5.26 Å². The van der Waals surface area contributed by atoms with Crippen LogP contribution in [0.1, 0.15) is 58.8 Å². The van der Waals surface area contributed by atoms with E-state index < -0.39 is 0 Å². The van der Waals surface area contributed by atoms with Gasteiger partial charge in [0.1, 0.15) is 6.29 Å². The normalized spacial score (nSPS) is 47.6. The Morgan fingerprint density at radius 1 is 1.41 bits per heavy atom. The van der Waals surface area contributed by atoms with E-state index >= 15 is 0 Å². The van der Waals surface area contributed by atoms with Crippen LogP contribution in [0, 0.1) is 39.9 Å². The molecule has 3 heteroatoms. The smallest absolute Gasteiger partial charge is 0.126 e. The number of carbonyl (C=O) groups is 1. The van der Waals surface area contributed by atoms with Crippen LogP contribution in [0.15, 0.2) is 11.6 Å². The lowest BCUT2D eigenvalue weighted by Crippen LogP contribution is -2.51. The van der Waals surface area contributed by atoms with Crippen molar-refractivity contribution in [2.75, 3.05) is 0 Å². The largest absolute Gasteiger partial charge is 0.393 e. The highest BCUT2D eigenvalue weighted by Crippen LogP contribution is 2.61. The Kier molecular flexibility index (Phi) is 3.93. The van der Waals surface area contributed by atoms with Gasteiger partial charge >= 0.3 is 0 Å². The fraction of sp³-hybridized carbons (Fsp3) is 0.789. The molecule has 3 aliphatic carbocycles. The summed E-state index contributed by atoms with van der Waals surface area (Å²) in [7, 11) is 0. The van der Waals surface area contributed by atoms with Gasteiger partial charge in [0.25, 0.3) is 0 Å². The number of hydrogen-bond acceptors (Lipinski definition) is 3. The number of hydrogen-bond donors (Lipinski definition) is 1. The third-order valence-electron chi connectivity index (χ3n) is 7.10. The zero-order valence-corrected chi connectivity index (χ0v) is 13.7. The second-order valence-corrected chi connectivity index (χ2v) is 8.18. The van der Waals surface area contributed by atoms with Gasteiger partial charge in [-0.3, -0.25) is 0 Å². The highest BCUT2D eigenvalue weighted by molar-refractivity contribution is 5.60. The van der Waals surface area contributed by atoms with Gasteiger partial charge in [0.05, 0.1) is 12.2 Å². The van der Waals surface area contributed by atoms with Gasteiger partial charge in [-0.25, -0.2) is 0 Å². The number of aliphatic hydroxyl groups excluding tert-OH is 1. The number of rotatable bonds is 2. The molecule has 120 valence electrons. The van der Waals surface area contributed by atoms with Crippen LogP contribution in [0.3, 0.4) is 0 Å². The zero-order chi connectivity index (χ0) is 16.0. The van der Waals surface area contributed by atoms with Crippen molar-refractivity contribution in [2.45, 2.75) is 64.9 Å². The van der Waals surface area contributed by atoms with Gasteiger partial charge < -0.3 is 9.90 Å². The minimum atomic E-state index is -0.340. The van der Waals surface area contributed by atoms with E-state index in [1.165, 1.54) is 5.57 Å². The van der Waals surface area contributed by atoms with Crippen LogP contribution in [0.2, 0.25) is 0 Å². The molecule has 2 fully saturated rings. The molecule has 3 aliphatic rings. The second-order valence-electron chi connectivity index (χ2n) is 8.18. The minimum Gasteiger partial charge on any atom is -0.393 e. The molecule has 3 nitrogen and oxygen atoms in total. The Labute approximate surface area is 133 Å². The topological polar surface area (TPSA) is 61.1 Å². The molecule has 0 aromatic heterocycles. The van der Waals surface area contributed by atoms with Gasteiger partial charge in [-0.15, -0.1) is 0 Å². The van der Waals surface area contributed by atoms with Crippen molar-refractivity contribution in [1.29, 1.82) is 5.26 Å². The summed E-state index contributed by atoms with van der Waals surface area (Å²) in [6.07, 6.45) is 9.41. The van der Waals surface area contributed by atoms with Crippen molar-refractivity contribution in [3.05, 3.63) is 11.6 Å². The van der Waals surface area contributed by atoms with E-state index in [9.17, 15) is 15.2 Å². The SMILES string of the molecule is C[C@]1(C=O)CC[C@H]2[C@@H](CC=C3C[C@@H](O)CC[C@@]32C)[C@@H]1CC#N. The first-order valence-corrected chi connectivity index (χ1v) is 8.65. The van der Waals surface area contributed by atoms with Crippen molar-refractivity contribution < 1.29 is 9.90 Å². The summed E-state index contributed by atoms with van der Waals surface area (Å²) >= 11 is 0. The van der Waals surface area contributed by atoms with Crippen molar-refractivity contribution in [2.24, 2.45) is 28.6 Å². The van der Waals surface area contributed by atoms with Crippen molar-refractivity contribution in [3.63, 3.8) is 0 Å². The molecule has 0 bridgehead atoms. The van der Waals surface area contributed by atoms with E-state index in [2.05, 4.69) is 19.1 Å². The van der Waals surface area contributed by atoms with Crippen molar-refractivity contribution >= 4 is 6.29 Å². The van der Waals surface area contributed by atoms with Gasteiger partial charge in [0.2, 0.25) is 0 Å². The van der Waals surface area contributed by atoms with Crippen molar-refractivity contribution in [1.82, 2.24) is 0 Å². The Hall–Kier alpha value is -1.14. The predicted molar refractivity (Wildman–Crippen MR) is 84.8 cm³/mol. The lowest BCUT2D eigenvalue weighted by atomic mass is 9.47. The number of aldehydes is 1. The monoisotopic (exact) mass is 301 g/mol. The lowest BCUT2D eigenvalue weighted by Gasteiger charge is -2.57. The average Bonchev–Trinajstić information content (AvgIpc) is 2.51. The number of fused-ring (bicyclic) bond motifs is 3. The summed E-state index contributed by atoms with van der Waals surface area (Å²) in [5.74, 6) is 1.18. The third-order valence-corrected chi connectivity index (χ3v) is 7.10. The molecular weight excluding hydrogens is 274 g/mol. The Balaban J connectivity index is 1.96. The predicted octanol–water partition coefficient (Wildman–Crippen LogP) is 3.63. The molecule has 0 radical (unpaired) electrons. The summed E-state index contributed by atoms with van der Waals surface area (Å²) in [6, 6.07) is 2.33. The molecule has 1 N–H and O–H groups in total. The maximum absolute atomic E-state index is 11.7. The third kappa shape index (κ3) is 2.24.